The first-order valence-corrected chi connectivity index (χ1v) is 7.90. The predicted octanol–water partition coefficient (Wildman–Crippen LogP) is 3.00. The number of anilines is 1. The van der Waals surface area contributed by atoms with Gasteiger partial charge in [-0.05, 0) is 32.4 Å². The summed E-state index contributed by atoms with van der Waals surface area (Å²) >= 11 is 0. The highest BCUT2D eigenvalue weighted by molar-refractivity contribution is 5.49. The lowest BCUT2D eigenvalue weighted by atomic mass is 10.0. The maximum absolute atomic E-state index is 5.88. The predicted molar refractivity (Wildman–Crippen MR) is 87.2 cm³/mol. The molecule has 118 valence electrons. The summed E-state index contributed by atoms with van der Waals surface area (Å²) in [6, 6.07) is 8.23. The molecular formula is C17H28N2O2. The van der Waals surface area contributed by atoms with Crippen molar-refractivity contribution in [2.45, 2.75) is 32.7 Å². The summed E-state index contributed by atoms with van der Waals surface area (Å²) < 4.78 is 11.2. The third kappa shape index (κ3) is 5.56. The number of rotatable bonds is 7. The van der Waals surface area contributed by atoms with Gasteiger partial charge >= 0.3 is 0 Å². The highest BCUT2D eigenvalue weighted by Crippen LogP contribution is 2.22. The molecule has 4 nitrogen and oxygen atoms in total. The van der Waals surface area contributed by atoms with Crippen molar-refractivity contribution in [3.05, 3.63) is 24.3 Å². The second-order valence-electron chi connectivity index (χ2n) is 6.19. The maximum atomic E-state index is 5.88. The van der Waals surface area contributed by atoms with Crippen molar-refractivity contribution in [3.63, 3.8) is 0 Å². The van der Waals surface area contributed by atoms with Gasteiger partial charge in [0.1, 0.15) is 12.4 Å². The fraction of sp³-hybridized carbons (Fsp3) is 0.647. The Morgan fingerprint density at radius 1 is 1.29 bits per heavy atom. The van der Waals surface area contributed by atoms with Gasteiger partial charge in [-0.25, -0.2) is 0 Å². The number of nitrogens with one attached hydrogen (secondary N) is 1. The molecule has 0 bridgehead atoms. The Labute approximate surface area is 128 Å². The van der Waals surface area contributed by atoms with E-state index in [1.807, 2.05) is 12.1 Å². The van der Waals surface area contributed by atoms with Crippen molar-refractivity contribution in [2.24, 2.45) is 0 Å². The summed E-state index contributed by atoms with van der Waals surface area (Å²) in [5.74, 6) is 0.931. The molecule has 0 aromatic heterocycles. The van der Waals surface area contributed by atoms with Crippen LogP contribution in [0.5, 0.6) is 5.75 Å². The maximum Gasteiger partial charge on any atom is 0.121 e. The molecule has 0 spiro atoms. The summed E-state index contributed by atoms with van der Waals surface area (Å²) in [4.78, 5) is 2.38. The minimum Gasteiger partial charge on any atom is -0.492 e. The van der Waals surface area contributed by atoms with E-state index in [2.05, 4.69) is 43.1 Å². The number of nitrogens with zero attached hydrogens (tertiary/aromatic N) is 1. The van der Waals surface area contributed by atoms with Crippen LogP contribution in [0.4, 0.5) is 5.69 Å². The van der Waals surface area contributed by atoms with Crippen molar-refractivity contribution >= 4 is 5.69 Å². The summed E-state index contributed by atoms with van der Waals surface area (Å²) in [5, 5.41) is 3.54. The molecule has 1 saturated heterocycles. The monoisotopic (exact) mass is 292 g/mol. The lowest BCUT2D eigenvalue weighted by molar-refractivity contribution is 0.0322. The van der Waals surface area contributed by atoms with E-state index in [1.165, 1.54) is 0 Å². The van der Waals surface area contributed by atoms with Gasteiger partial charge in [0.25, 0.3) is 0 Å². The lowest BCUT2D eigenvalue weighted by Gasteiger charge is -2.27. The van der Waals surface area contributed by atoms with Gasteiger partial charge in [-0.2, -0.15) is 0 Å². The number of morpholine rings is 1. The Bertz CT molecular complexity index is 429. The van der Waals surface area contributed by atoms with Crippen LogP contribution in [-0.2, 0) is 4.74 Å². The average molecular weight is 292 g/mol. The molecule has 4 heteroatoms. The highest BCUT2D eigenvalue weighted by Gasteiger charge is 2.14. The van der Waals surface area contributed by atoms with E-state index in [-0.39, 0.29) is 5.54 Å². The van der Waals surface area contributed by atoms with Crippen LogP contribution >= 0.6 is 0 Å². The Hall–Kier alpha value is -1.26. The molecule has 21 heavy (non-hydrogen) atoms. The molecule has 0 radical (unpaired) electrons. The largest absolute Gasteiger partial charge is 0.492 e. The normalized spacial score (nSPS) is 16.7. The molecule has 1 aliphatic heterocycles. The Morgan fingerprint density at radius 3 is 2.76 bits per heavy atom. The van der Waals surface area contributed by atoms with E-state index < -0.39 is 0 Å². The molecule has 2 rings (SSSR count). The molecule has 0 atom stereocenters. The van der Waals surface area contributed by atoms with Crippen molar-refractivity contribution < 1.29 is 9.47 Å². The second-order valence-corrected chi connectivity index (χ2v) is 6.19. The van der Waals surface area contributed by atoms with Gasteiger partial charge < -0.3 is 14.8 Å². The van der Waals surface area contributed by atoms with Crippen LogP contribution in [0.15, 0.2) is 24.3 Å². The molecule has 1 aliphatic rings. The molecule has 1 heterocycles. The van der Waals surface area contributed by atoms with Crippen LogP contribution in [-0.4, -0.2) is 49.9 Å². The first-order chi connectivity index (χ1) is 10.1. The Kier molecular flexibility index (Phi) is 5.88. The SMILES string of the molecule is CCC(C)(C)Nc1cccc(OCCN2CCOCC2)c1. The quantitative estimate of drug-likeness (QED) is 0.837. The zero-order valence-electron chi connectivity index (χ0n) is 13.5. The molecule has 0 amide bonds. The van der Waals surface area contributed by atoms with Crippen molar-refractivity contribution in [1.29, 1.82) is 0 Å². The van der Waals surface area contributed by atoms with Crippen molar-refractivity contribution in [3.8, 4) is 5.75 Å². The summed E-state index contributed by atoms with van der Waals surface area (Å²) in [7, 11) is 0. The molecule has 1 fully saturated rings. The Balaban J connectivity index is 1.80. The van der Waals surface area contributed by atoms with E-state index in [4.69, 9.17) is 9.47 Å². The first kappa shape index (κ1) is 16.1. The van der Waals surface area contributed by atoms with Gasteiger partial charge in [-0.15, -0.1) is 0 Å². The van der Waals surface area contributed by atoms with Gasteiger partial charge in [0.2, 0.25) is 0 Å². The van der Waals surface area contributed by atoms with Crippen LogP contribution in [0.2, 0.25) is 0 Å². The van der Waals surface area contributed by atoms with E-state index in [0.717, 1.165) is 57.3 Å². The minimum absolute atomic E-state index is 0.104. The summed E-state index contributed by atoms with van der Waals surface area (Å²) in [6.07, 6.45) is 1.08. The fourth-order valence-corrected chi connectivity index (χ4v) is 2.26. The number of hydrogen-bond donors (Lipinski definition) is 1. The average Bonchev–Trinajstić information content (AvgIpc) is 2.48. The van der Waals surface area contributed by atoms with Crippen molar-refractivity contribution in [2.75, 3.05) is 44.8 Å². The van der Waals surface area contributed by atoms with E-state index in [0.29, 0.717) is 0 Å². The zero-order chi connectivity index (χ0) is 15.1. The van der Waals surface area contributed by atoms with Crippen LogP contribution in [0, 0.1) is 0 Å². The third-order valence-electron chi connectivity index (χ3n) is 3.98. The van der Waals surface area contributed by atoms with Gasteiger partial charge in [-0.3, -0.25) is 4.90 Å². The van der Waals surface area contributed by atoms with Crippen LogP contribution in [0.3, 0.4) is 0 Å². The van der Waals surface area contributed by atoms with Gasteiger partial charge in [0, 0.05) is 36.9 Å². The second kappa shape index (κ2) is 7.66. The molecule has 0 saturated carbocycles. The molecular weight excluding hydrogens is 264 g/mol. The lowest BCUT2D eigenvalue weighted by Crippen LogP contribution is -2.38. The fourth-order valence-electron chi connectivity index (χ4n) is 2.26. The van der Waals surface area contributed by atoms with E-state index >= 15 is 0 Å². The molecule has 0 unspecified atom stereocenters. The number of hydrogen-bond acceptors (Lipinski definition) is 4. The van der Waals surface area contributed by atoms with Crippen LogP contribution in [0.1, 0.15) is 27.2 Å². The van der Waals surface area contributed by atoms with Crippen LogP contribution in [0.25, 0.3) is 0 Å². The minimum atomic E-state index is 0.104. The van der Waals surface area contributed by atoms with Gasteiger partial charge in [-0.1, -0.05) is 13.0 Å². The van der Waals surface area contributed by atoms with Gasteiger partial charge in [0.15, 0.2) is 0 Å². The number of benzene rings is 1. The Morgan fingerprint density at radius 2 is 2.05 bits per heavy atom. The smallest absolute Gasteiger partial charge is 0.121 e. The van der Waals surface area contributed by atoms with Crippen molar-refractivity contribution in [1.82, 2.24) is 4.90 Å². The zero-order valence-corrected chi connectivity index (χ0v) is 13.5. The topological polar surface area (TPSA) is 33.7 Å². The first-order valence-electron chi connectivity index (χ1n) is 7.90. The molecule has 0 aliphatic carbocycles. The van der Waals surface area contributed by atoms with Gasteiger partial charge in [0.05, 0.1) is 13.2 Å². The number of ether oxygens (including phenoxy) is 2. The molecule has 1 N–H and O–H groups in total. The van der Waals surface area contributed by atoms with E-state index in [9.17, 15) is 0 Å². The summed E-state index contributed by atoms with van der Waals surface area (Å²) in [5.41, 5.74) is 1.22. The molecule has 1 aromatic carbocycles. The third-order valence-corrected chi connectivity index (χ3v) is 3.98. The summed E-state index contributed by atoms with van der Waals surface area (Å²) in [6.45, 7) is 12.0. The highest BCUT2D eigenvalue weighted by atomic mass is 16.5. The van der Waals surface area contributed by atoms with E-state index in [1.54, 1.807) is 0 Å². The van der Waals surface area contributed by atoms with Crippen LogP contribution < -0.4 is 10.1 Å². The standard InChI is InChI=1S/C17H28N2O2/c1-4-17(2,3)18-15-6-5-7-16(14-15)21-13-10-19-8-11-20-12-9-19/h5-7,14,18H,4,8-13H2,1-3H3. The molecule has 1 aromatic rings.